The Morgan fingerprint density at radius 2 is 1.42 bits per heavy atom. The van der Waals surface area contributed by atoms with Crippen LogP contribution in [0.15, 0.2) is 42.5 Å². The Hall–Kier alpha value is -2.59. The molecular formula is C34H52O4. The number of benzene rings is 2. The van der Waals surface area contributed by atoms with Crippen molar-refractivity contribution >= 4 is 12.0 Å². The normalized spacial score (nSPS) is 11.8. The summed E-state index contributed by atoms with van der Waals surface area (Å²) in [7, 11) is 0. The van der Waals surface area contributed by atoms with E-state index in [1.165, 1.54) is 16.7 Å². The van der Waals surface area contributed by atoms with Gasteiger partial charge in [0.05, 0.1) is 12.2 Å². The van der Waals surface area contributed by atoms with Crippen molar-refractivity contribution in [2.75, 3.05) is 6.61 Å². The Balaban J connectivity index is 0.00000352. The number of ether oxygens (including phenoxy) is 1. The number of hydrogen-bond donors (Lipinski definition) is 2. The molecule has 4 heteroatoms. The SMILES string of the molecule is CC.CCC(O)(/C=C/c1ccc(C(CC)(CC)c2ccc(OCCCCCC(=O)O)c(C)c2)cc1C)CC. The molecule has 2 aromatic carbocycles. The smallest absolute Gasteiger partial charge is 0.303 e. The van der Waals surface area contributed by atoms with Gasteiger partial charge in [-0.3, -0.25) is 4.79 Å². The van der Waals surface area contributed by atoms with Crippen LogP contribution < -0.4 is 4.74 Å². The summed E-state index contributed by atoms with van der Waals surface area (Å²) in [4.78, 5) is 10.6. The van der Waals surface area contributed by atoms with Gasteiger partial charge in [0.15, 0.2) is 0 Å². The minimum absolute atomic E-state index is 0.0826. The van der Waals surface area contributed by atoms with E-state index in [2.05, 4.69) is 70.2 Å². The third-order valence-electron chi connectivity index (χ3n) is 7.85. The van der Waals surface area contributed by atoms with Gasteiger partial charge in [-0.05, 0) is 92.7 Å². The molecule has 0 aliphatic rings. The first-order valence-electron chi connectivity index (χ1n) is 14.6. The second-order valence-electron chi connectivity index (χ2n) is 10.0. The highest BCUT2D eigenvalue weighted by atomic mass is 16.5. The van der Waals surface area contributed by atoms with Crippen molar-refractivity contribution in [2.24, 2.45) is 0 Å². The highest BCUT2D eigenvalue weighted by Gasteiger charge is 2.31. The number of rotatable bonds is 15. The van der Waals surface area contributed by atoms with Gasteiger partial charge in [-0.25, -0.2) is 0 Å². The Bertz CT molecular complexity index is 1010. The first-order chi connectivity index (χ1) is 18.1. The van der Waals surface area contributed by atoms with Crippen LogP contribution in [0.2, 0.25) is 0 Å². The molecule has 0 radical (unpaired) electrons. The minimum atomic E-state index is -0.748. The van der Waals surface area contributed by atoms with Crippen LogP contribution in [-0.4, -0.2) is 28.4 Å². The highest BCUT2D eigenvalue weighted by molar-refractivity contribution is 5.66. The maximum atomic E-state index is 10.6. The molecule has 4 nitrogen and oxygen atoms in total. The van der Waals surface area contributed by atoms with E-state index in [9.17, 15) is 9.90 Å². The summed E-state index contributed by atoms with van der Waals surface area (Å²) in [5.74, 6) is 0.160. The first kappa shape index (κ1) is 33.4. The Labute approximate surface area is 232 Å². The largest absolute Gasteiger partial charge is 0.493 e. The van der Waals surface area contributed by atoms with Gasteiger partial charge in [-0.1, -0.05) is 84.0 Å². The van der Waals surface area contributed by atoms with Crippen molar-refractivity contribution in [3.8, 4) is 5.75 Å². The molecule has 0 aromatic heterocycles. The molecule has 2 aromatic rings. The lowest BCUT2D eigenvalue weighted by atomic mass is 9.70. The Kier molecular flexibility index (Phi) is 14.4. The van der Waals surface area contributed by atoms with Crippen LogP contribution in [0, 0.1) is 13.8 Å². The number of aryl methyl sites for hydroxylation is 2. The zero-order valence-corrected chi connectivity index (χ0v) is 25.2. The lowest BCUT2D eigenvalue weighted by Crippen LogP contribution is -2.26. The topological polar surface area (TPSA) is 66.8 Å². The van der Waals surface area contributed by atoms with Gasteiger partial charge in [0, 0.05) is 11.8 Å². The zero-order valence-electron chi connectivity index (χ0n) is 25.2. The number of unbranched alkanes of at least 4 members (excludes halogenated alkanes) is 2. The summed E-state index contributed by atoms with van der Waals surface area (Å²) >= 11 is 0. The van der Waals surface area contributed by atoms with E-state index in [-0.39, 0.29) is 11.8 Å². The van der Waals surface area contributed by atoms with E-state index in [4.69, 9.17) is 9.84 Å². The van der Waals surface area contributed by atoms with Crippen LogP contribution in [0.5, 0.6) is 5.75 Å². The number of aliphatic carboxylic acids is 1. The number of carbonyl (C=O) groups is 1. The van der Waals surface area contributed by atoms with Gasteiger partial charge in [0.1, 0.15) is 5.75 Å². The van der Waals surface area contributed by atoms with Crippen molar-refractivity contribution in [1.82, 2.24) is 0 Å². The number of hydrogen-bond acceptors (Lipinski definition) is 3. The molecule has 2 N–H and O–H groups in total. The van der Waals surface area contributed by atoms with Gasteiger partial charge in [-0.2, -0.15) is 0 Å². The van der Waals surface area contributed by atoms with E-state index in [0.717, 1.165) is 42.6 Å². The van der Waals surface area contributed by atoms with Crippen LogP contribution in [0.3, 0.4) is 0 Å². The third kappa shape index (κ3) is 9.01. The molecule has 0 unspecified atom stereocenters. The van der Waals surface area contributed by atoms with Crippen molar-refractivity contribution in [2.45, 2.75) is 118 Å². The van der Waals surface area contributed by atoms with Gasteiger partial charge in [0.25, 0.3) is 0 Å². The van der Waals surface area contributed by atoms with Crippen molar-refractivity contribution in [3.05, 3.63) is 70.3 Å². The lowest BCUT2D eigenvalue weighted by Gasteiger charge is -2.34. The second kappa shape index (κ2) is 16.4. The molecule has 0 heterocycles. The standard InChI is InChI=1S/C32H46O4.C2H6/c1-7-31(35,8-2)20-19-26-15-16-27(22-24(26)5)32(9-3,10-4)28-17-18-29(25(6)23-28)36-21-13-11-12-14-30(33)34;1-2/h15-20,22-23,35H,7-14,21H2,1-6H3,(H,33,34);1-2H3/b20-19+;. The van der Waals surface area contributed by atoms with Gasteiger partial charge < -0.3 is 14.9 Å². The van der Waals surface area contributed by atoms with Crippen LogP contribution in [0.1, 0.15) is 121 Å². The Morgan fingerprint density at radius 1 is 0.842 bits per heavy atom. The molecule has 0 fully saturated rings. The van der Waals surface area contributed by atoms with Gasteiger partial charge in [-0.15, -0.1) is 0 Å². The van der Waals surface area contributed by atoms with Crippen LogP contribution >= 0.6 is 0 Å². The molecule has 0 atom stereocenters. The fraction of sp³-hybridized carbons (Fsp3) is 0.559. The van der Waals surface area contributed by atoms with Crippen molar-refractivity contribution < 1.29 is 19.7 Å². The second-order valence-corrected chi connectivity index (χ2v) is 10.0. The molecule has 0 aliphatic heterocycles. The molecule has 212 valence electrons. The van der Waals surface area contributed by atoms with Crippen molar-refractivity contribution in [3.63, 3.8) is 0 Å². The molecule has 0 bridgehead atoms. The fourth-order valence-corrected chi connectivity index (χ4v) is 4.97. The van der Waals surface area contributed by atoms with E-state index in [0.29, 0.717) is 25.9 Å². The summed E-state index contributed by atoms with van der Waals surface area (Å²) in [6, 6.07) is 13.3. The van der Waals surface area contributed by atoms with Crippen LogP contribution in [0.25, 0.3) is 6.08 Å². The molecule has 0 saturated carbocycles. The monoisotopic (exact) mass is 524 g/mol. The number of aliphatic hydroxyl groups is 1. The first-order valence-corrected chi connectivity index (χ1v) is 14.6. The number of carboxylic acid groups (broad SMARTS) is 1. The van der Waals surface area contributed by atoms with Crippen LogP contribution in [-0.2, 0) is 10.2 Å². The molecule has 0 aliphatic carbocycles. The average Bonchev–Trinajstić information content (AvgIpc) is 2.93. The van der Waals surface area contributed by atoms with Gasteiger partial charge in [0.2, 0.25) is 0 Å². The van der Waals surface area contributed by atoms with Crippen LogP contribution in [0.4, 0.5) is 0 Å². The molecule has 2 rings (SSSR count). The summed E-state index contributed by atoms with van der Waals surface area (Å²) < 4.78 is 6.02. The van der Waals surface area contributed by atoms with Gasteiger partial charge >= 0.3 is 5.97 Å². The molecule has 0 spiro atoms. The van der Waals surface area contributed by atoms with E-state index in [1.807, 2.05) is 33.8 Å². The third-order valence-corrected chi connectivity index (χ3v) is 7.85. The molecule has 0 amide bonds. The molecule has 0 saturated heterocycles. The maximum Gasteiger partial charge on any atom is 0.303 e. The maximum absolute atomic E-state index is 10.6. The Morgan fingerprint density at radius 3 is 1.92 bits per heavy atom. The predicted molar refractivity (Wildman–Crippen MR) is 161 cm³/mol. The molecule has 38 heavy (non-hydrogen) atoms. The quantitative estimate of drug-likeness (QED) is 0.228. The van der Waals surface area contributed by atoms with E-state index >= 15 is 0 Å². The predicted octanol–water partition coefficient (Wildman–Crippen LogP) is 9.02. The fourth-order valence-electron chi connectivity index (χ4n) is 4.97. The molecular weight excluding hydrogens is 472 g/mol. The lowest BCUT2D eigenvalue weighted by molar-refractivity contribution is -0.137. The van der Waals surface area contributed by atoms with E-state index in [1.54, 1.807) is 0 Å². The minimum Gasteiger partial charge on any atom is -0.493 e. The average molecular weight is 525 g/mol. The highest BCUT2D eigenvalue weighted by Crippen LogP contribution is 2.41. The van der Waals surface area contributed by atoms with E-state index < -0.39 is 11.6 Å². The summed E-state index contributed by atoms with van der Waals surface area (Å²) in [6.07, 6.45) is 10.0. The van der Waals surface area contributed by atoms with Crippen molar-refractivity contribution in [1.29, 1.82) is 0 Å². The number of carboxylic acids is 1. The summed E-state index contributed by atoms with van der Waals surface area (Å²) in [6.45, 7) is 17.4. The summed E-state index contributed by atoms with van der Waals surface area (Å²) in [5.41, 5.74) is 5.26. The zero-order chi connectivity index (χ0) is 28.8. The summed E-state index contributed by atoms with van der Waals surface area (Å²) in [5, 5.41) is 19.4.